The van der Waals surface area contributed by atoms with Crippen LogP contribution in [-0.4, -0.2) is 11.5 Å². The zero-order chi connectivity index (χ0) is 10.7. The second-order valence-corrected chi connectivity index (χ2v) is 3.51. The van der Waals surface area contributed by atoms with Crippen molar-refractivity contribution in [3.63, 3.8) is 0 Å². The largest absolute Gasteiger partial charge is 0.369 e. The average molecular weight is 251 g/mol. The molecular weight excluding hydrogens is 244 g/mol. The lowest BCUT2D eigenvalue weighted by Crippen LogP contribution is -2.01. The van der Waals surface area contributed by atoms with E-state index in [0.29, 0.717) is 12.4 Å². The van der Waals surface area contributed by atoms with Crippen molar-refractivity contribution in [3.05, 3.63) is 20.8 Å². The van der Waals surface area contributed by atoms with Crippen molar-refractivity contribution < 1.29 is 0 Å². The summed E-state index contributed by atoms with van der Waals surface area (Å²) in [5, 5.41) is 12.0. The van der Waals surface area contributed by atoms with Gasteiger partial charge in [0, 0.05) is 6.54 Å². The van der Waals surface area contributed by atoms with Crippen molar-refractivity contribution in [1.82, 2.24) is 4.98 Å². The summed E-state index contributed by atoms with van der Waals surface area (Å²) in [7, 11) is 0. The van der Waals surface area contributed by atoms with Crippen molar-refractivity contribution in [2.24, 2.45) is 0 Å². The molecule has 0 saturated heterocycles. The summed E-state index contributed by atoms with van der Waals surface area (Å²) < 4.78 is 0. The standard InChI is InChI=1S/C8H6Cl3N3/c1-2-13-8-6(10)5(9)4(3-12)7(11)14-8/h2H2,1H3,(H,13,14). The molecule has 0 amide bonds. The number of hydrogen-bond acceptors (Lipinski definition) is 3. The van der Waals surface area contributed by atoms with Gasteiger partial charge >= 0.3 is 0 Å². The van der Waals surface area contributed by atoms with Crippen LogP contribution in [0, 0.1) is 11.3 Å². The van der Waals surface area contributed by atoms with E-state index in [9.17, 15) is 0 Å². The van der Waals surface area contributed by atoms with Crippen LogP contribution in [-0.2, 0) is 0 Å². The van der Waals surface area contributed by atoms with Crippen molar-refractivity contribution in [2.75, 3.05) is 11.9 Å². The molecule has 0 fully saturated rings. The van der Waals surface area contributed by atoms with Crippen LogP contribution < -0.4 is 5.32 Å². The van der Waals surface area contributed by atoms with Crippen molar-refractivity contribution >= 4 is 40.6 Å². The van der Waals surface area contributed by atoms with Crippen LogP contribution in [0.25, 0.3) is 0 Å². The van der Waals surface area contributed by atoms with Crippen LogP contribution in [0.5, 0.6) is 0 Å². The molecule has 1 N–H and O–H groups in total. The first-order valence-electron chi connectivity index (χ1n) is 3.80. The SMILES string of the molecule is CCNc1nc(Cl)c(C#N)c(Cl)c1Cl. The van der Waals surface area contributed by atoms with Gasteiger partial charge in [-0.25, -0.2) is 4.98 Å². The first kappa shape index (κ1) is 11.4. The molecule has 0 aliphatic carbocycles. The topological polar surface area (TPSA) is 48.7 Å². The van der Waals surface area contributed by atoms with Gasteiger partial charge in [-0.15, -0.1) is 0 Å². The molecule has 3 nitrogen and oxygen atoms in total. The quantitative estimate of drug-likeness (QED) is 0.819. The summed E-state index contributed by atoms with van der Waals surface area (Å²) in [6, 6.07) is 1.84. The van der Waals surface area contributed by atoms with Crippen molar-refractivity contribution in [2.45, 2.75) is 6.92 Å². The smallest absolute Gasteiger partial charge is 0.150 e. The molecule has 1 aromatic heterocycles. The summed E-state index contributed by atoms with van der Waals surface area (Å²) in [4.78, 5) is 3.91. The summed E-state index contributed by atoms with van der Waals surface area (Å²) in [6.45, 7) is 2.53. The Morgan fingerprint density at radius 1 is 1.36 bits per heavy atom. The van der Waals surface area contributed by atoms with Crippen molar-refractivity contribution in [1.29, 1.82) is 5.26 Å². The maximum Gasteiger partial charge on any atom is 0.150 e. The van der Waals surface area contributed by atoms with E-state index in [1.807, 2.05) is 13.0 Å². The molecule has 0 aliphatic heterocycles. The minimum absolute atomic E-state index is 0.0536. The summed E-state index contributed by atoms with van der Waals surface area (Å²) in [5.74, 6) is 0.392. The minimum atomic E-state index is 0.0536. The van der Waals surface area contributed by atoms with E-state index in [-0.39, 0.29) is 20.8 Å². The predicted molar refractivity (Wildman–Crippen MR) is 58.1 cm³/mol. The van der Waals surface area contributed by atoms with Crippen LogP contribution in [0.2, 0.25) is 15.2 Å². The number of nitrogens with one attached hydrogen (secondary N) is 1. The highest BCUT2D eigenvalue weighted by Gasteiger charge is 2.15. The number of nitriles is 1. The third kappa shape index (κ3) is 2.03. The van der Waals surface area contributed by atoms with E-state index in [0.717, 1.165) is 0 Å². The number of pyridine rings is 1. The Hall–Kier alpha value is -0.690. The van der Waals surface area contributed by atoms with Crippen LogP contribution in [0.1, 0.15) is 12.5 Å². The van der Waals surface area contributed by atoms with E-state index in [4.69, 9.17) is 40.1 Å². The number of hydrogen-bond donors (Lipinski definition) is 1. The summed E-state index contributed by atoms with van der Waals surface area (Å²) in [6.07, 6.45) is 0. The summed E-state index contributed by atoms with van der Waals surface area (Å²) >= 11 is 17.4. The molecule has 1 aromatic rings. The van der Waals surface area contributed by atoms with Gasteiger partial charge in [0.15, 0.2) is 5.15 Å². The first-order valence-corrected chi connectivity index (χ1v) is 4.93. The Balaban J connectivity index is 3.34. The minimum Gasteiger partial charge on any atom is -0.369 e. The van der Waals surface area contributed by atoms with Gasteiger partial charge in [0.1, 0.15) is 22.5 Å². The number of rotatable bonds is 2. The van der Waals surface area contributed by atoms with E-state index in [2.05, 4.69) is 10.3 Å². The van der Waals surface area contributed by atoms with Gasteiger partial charge in [0.25, 0.3) is 0 Å². The van der Waals surface area contributed by atoms with Crippen LogP contribution in [0.4, 0.5) is 5.82 Å². The van der Waals surface area contributed by atoms with Crippen LogP contribution in [0.3, 0.4) is 0 Å². The average Bonchev–Trinajstić information content (AvgIpc) is 2.15. The monoisotopic (exact) mass is 249 g/mol. The highest BCUT2D eigenvalue weighted by Crippen LogP contribution is 2.34. The molecular formula is C8H6Cl3N3. The molecule has 1 heterocycles. The maximum atomic E-state index is 8.71. The number of halogens is 3. The highest BCUT2D eigenvalue weighted by molar-refractivity contribution is 6.45. The molecule has 0 atom stereocenters. The van der Waals surface area contributed by atoms with Gasteiger partial charge in [0.05, 0.1) is 5.02 Å². The molecule has 0 radical (unpaired) electrons. The number of nitrogens with zero attached hydrogens (tertiary/aromatic N) is 2. The zero-order valence-corrected chi connectivity index (χ0v) is 9.50. The molecule has 74 valence electrons. The van der Waals surface area contributed by atoms with Gasteiger partial charge in [-0.2, -0.15) is 5.26 Å². The van der Waals surface area contributed by atoms with E-state index < -0.39 is 0 Å². The molecule has 6 heteroatoms. The Kier molecular flexibility index (Phi) is 3.82. The van der Waals surface area contributed by atoms with Gasteiger partial charge in [-0.1, -0.05) is 34.8 Å². The maximum absolute atomic E-state index is 8.71. The lowest BCUT2D eigenvalue weighted by molar-refractivity contribution is 1.16. The van der Waals surface area contributed by atoms with Crippen LogP contribution >= 0.6 is 34.8 Å². The van der Waals surface area contributed by atoms with Gasteiger partial charge < -0.3 is 5.32 Å². The summed E-state index contributed by atoms with van der Waals surface area (Å²) in [5.41, 5.74) is 0.0972. The highest BCUT2D eigenvalue weighted by atomic mass is 35.5. The fourth-order valence-corrected chi connectivity index (χ4v) is 1.58. The predicted octanol–water partition coefficient (Wildman–Crippen LogP) is 3.35. The van der Waals surface area contributed by atoms with Gasteiger partial charge in [0.2, 0.25) is 0 Å². The second-order valence-electron chi connectivity index (χ2n) is 2.40. The molecule has 0 unspecified atom stereocenters. The van der Waals surface area contributed by atoms with E-state index in [1.54, 1.807) is 0 Å². The number of anilines is 1. The second kappa shape index (κ2) is 4.70. The molecule has 0 aliphatic rings. The Morgan fingerprint density at radius 3 is 2.50 bits per heavy atom. The lowest BCUT2D eigenvalue weighted by Gasteiger charge is -2.08. The Bertz CT molecular complexity index is 398. The lowest BCUT2D eigenvalue weighted by atomic mass is 10.3. The fraction of sp³-hybridized carbons (Fsp3) is 0.250. The zero-order valence-electron chi connectivity index (χ0n) is 7.24. The molecule has 0 spiro atoms. The molecule has 14 heavy (non-hydrogen) atoms. The first-order chi connectivity index (χ1) is 6.61. The fourth-order valence-electron chi connectivity index (χ4n) is 0.887. The number of aromatic nitrogens is 1. The molecule has 0 bridgehead atoms. The van der Waals surface area contributed by atoms with E-state index >= 15 is 0 Å². The van der Waals surface area contributed by atoms with E-state index in [1.165, 1.54) is 0 Å². The van der Waals surface area contributed by atoms with Crippen molar-refractivity contribution in [3.8, 4) is 6.07 Å². The normalized spacial score (nSPS) is 9.64. The van der Waals surface area contributed by atoms with Crippen LogP contribution in [0.15, 0.2) is 0 Å². The molecule has 0 aromatic carbocycles. The molecule has 0 saturated carbocycles. The molecule has 1 rings (SSSR count). The Labute approximate surface area is 96.6 Å². The van der Waals surface area contributed by atoms with Gasteiger partial charge in [-0.3, -0.25) is 0 Å². The third-order valence-corrected chi connectivity index (χ3v) is 2.61. The van der Waals surface area contributed by atoms with Gasteiger partial charge in [-0.05, 0) is 6.92 Å². The third-order valence-electron chi connectivity index (χ3n) is 1.49. The Morgan fingerprint density at radius 2 is 2.00 bits per heavy atom.